The highest BCUT2D eigenvalue weighted by Crippen LogP contribution is 2.18. The number of nitrogens with one attached hydrogen (secondary N) is 3. The fourth-order valence-electron chi connectivity index (χ4n) is 2.82. The van der Waals surface area contributed by atoms with Gasteiger partial charge in [0, 0.05) is 37.9 Å². The summed E-state index contributed by atoms with van der Waals surface area (Å²) in [6.45, 7) is 3.74. The summed E-state index contributed by atoms with van der Waals surface area (Å²) in [4.78, 5) is 37.7. The molecule has 1 aromatic carbocycles. The number of nitrogens with zero attached hydrogens (tertiary/aromatic N) is 1. The van der Waals surface area contributed by atoms with Crippen LogP contribution >= 0.6 is 0 Å². The van der Waals surface area contributed by atoms with Crippen molar-refractivity contribution in [2.75, 3.05) is 32.0 Å². The van der Waals surface area contributed by atoms with E-state index in [2.05, 4.69) is 16.0 Å². The van der Waals surface area contributed by atoms with Crippen molar-refractivity contribution in [1.82, 2.24) is 15.5 Å². The fourth-order valence-corrected chi connectivity index (χ4v) is 2.82. The average molecular weight is 346 g/mol. The summed E-state index contributed by atoms with van der Waals surface area (Å²) >= 11 is 0. The number of benzene rings is 1. The fraction of sp³-hybridized carbons (Fsp3) is 0.500. The molecular formula is C18H26N4O3. The van der Waals surface area contributed by atoms with E-state index < -0.39 is 0 Å². The van der Waals surface area contributed by atoms with E-state index in [4.69, 9.17) is 0 Å². The third-order valence-electron chi connectivity index (χ3n) is 4.25. The van der Waals surface area contributed by atoms with Crippen LogP contribution in [0.5, 0.6) is 0 Å². The van der Waals surface area contributed by atoms with Crippen LogP contribution in [0.3, 0.4) is 0 Å². The molecule has 136 valence electrons. The van der Waals surface area contributed by atoms with Gasteiger partial charge in [-0.2, -0.15) is 0 Å². The van der Waals surface area contributed by atoms with Crippen molar-refractivity contribution in [3.05, 3.63) is 29.8 Å². The van der Waals surface area contributed by atoms with E-state index in [1.165, 1.54) is 0 Å². The van der Waals surface area contributed by atoms with E-state index in [0.29, 0.717) is 30.9 Å². The molecule has 1 aliphatic heterocycles. The number of hydrogen-bond donors (Lipinski definition) is 3. The Balaban J connectivity index is 1.91. The molecule has 0 saturated carbocycles. The van der Waals surface area contributed by atoms with Crippen molar-refractivity contribution in [1.29, 1.82) is 0 Å². The van der Waals surface area contributed by atoms with Crippen LogP contribution in [0, 0.1) is 5.92 Å². The van der Waals surface area contributed by atoms with E-state index in [1.807, 2.05) is 6.92 Å². The maximum absolute atomic E-state index is 12.4. The van der Waals surface area contributed by atoms with Gasteiger partial charge in [-0.15, -0.1) is 0 Å². The molecule has 1 fully saturated rings. The number of hydrogen-bond acceptors (Lipinski definition) is 3. The molecule has 0 bridgehead atoms. The monoisotopic (exact) mass is 346 g/mol. The van der Waals surface area contributed by atoms with Crippen LogP contribution < -0.4 is 16.0 Å². The largest absolute Gasteiger partial charge is 0.356 e. The van der Waals surface area contributed by atoms with Crippen LogP contribution in [0.2, 0.25) is 0 Å². The van der Waals surface area contributed by atoms with E-state index in [9.17, 15) is 14.4 Å². The molecule has 7 heteroatoms. The molecule has 1 saturated heterocycles. The average Bonchev–Trinajstić information content (AvgIpc) is 2.66. The van der Waals surface area contributed by atoms with E-state index in [1.54, 1.807) is 36.2 Å². The van der Waals surface area contributed by atoms with E-state index >= 15 is 0 Å². The topological polar surface area (TPSA) is 90.5 Å². The molecule has 0 aromatic heterocycles. The van der Waals surface area contributed by atoms with Crippen LogP contribution in [0.4, 0.5) is 10.5 Å². The lowest BCUT2D eigenvalue weighted by Gasteiger charge is -2.32. The quantitative estimate of drug-likeness (QED) is 0.759. The molecule has 7 nitrogen and oxygen atoms in total. The Labute approximate surface area is 148 Å². The lowest BCUT2D eigenvalue weighted by Crippen LogP contribution is -2.47. The highest BCUT2D eigenvalue weighted by Gasteiger charge is 2.28. The lowest BCUT2D eigenvalue weighted by molar-refractivity contribution is -0.126. The Bertz CT molecular complexity index is 615. The molecular weight excluding hydrogens is 320 g/mol. The molecule has 0 radical (unpaired) electrons. The van der Waals surface area contributed by atoms with Gasteiger partial charge in [0.2, 0.25) is 5.91 Å². The Morgan fingerprint density at radius 2 is 1.92 bits per heavy atom. The molecule has 0 spiro atoms. The van der Waals surface area contributed by atoms with Gasteiger partial charge in [0.05, 0.1) is 5.92 Å². The maximum Gasteiger partial charge on any atom is 0.321 e. The second-order valence-electron chi connectivity index (χ2n) is 6.16. The molecule has 1 atom stereocenters. The van der Waals surface area contributed by atoms with Crippen molar-refractivity contribution in [3.63, 3.8) is 0 Å². The van der Waals surface area contributed by atoms with Crippen LogP contribution in [-0.4, -0.2) is 49.4 Å². The van der Waals surface area contributed by atoms with Crippen LogP contribution in [0.15, 0.2) is 24.3 Å². The number of rotatable bonds is 5. The molecule has 25 heavy (non-hydrogen) atoms. The van der Waals surface area contributed by atoms with Gasteiger partial charge in [0.1, 0.15) is 0 Å². The summed E-state index contributed by atoms with van der Waals surface area (Å²) in [5.41, 5.74) is 1.15. The van der Waals surface area contributed by atoms with Gasteiger partial charge in [-0.1, -0.05) is 6.92 Å². The highest BCUT2D eigenvalue weighted by atomic mass is 16.2. The Hall–Kier alpha value is -2.57. The first-order chi connectivity index (χ1) is 12.0. The minimum atomic E-state index is -0.222. The summed E-state index contributed by atoms with van der Waals surface area (Å²) in [6.07, 6.45) is 2.52. The summed E-state index contributed by atoms with van der Waals surface area (Å²) in [7, 11) is 1.57. The van der Waals surface area contributed by atoms with Gasteiger partial charge in [-0.3, -0.25) is 9.59 Å². The highest BCUT2D eigenvalue weighted by molar-refractivity contribution is 5.95. The zero-order chi connectivity index (χ0) is 18.2. The molecule has 0 unspecified atom stereocenters. The van der Waals surface area contributed by atoms with Crippen molar-refractivity contribution >= 4 is 23.5 Å². The standard InChI is InChI=1S/C18H26N4O3/c1-3-10-20-17(24)14-5-4-11-22(12-14)18(25)21-15-8-6-13(7-9-15)16(23)19-2/h6-9,14H,3-5,10-12H2,1-2H3,(H,19,23)(H,20,24)(H,21,25)/t14-/m0/s1. The maximum atomic E-state index is 12.4. The summed E-state index contributed by atoms with van der Waals surface area (Å²) in [5, 5.41) is 8.27. The molecule has 4 amide bonds. The normalized spacial score (nSPS) is 16.9. The van der Waals surface area contributed by atoms with Crippen molar-refractivity contribution < 1.29 is 14.4 Å². The second kappa shape index (κ2) is 9.05. The van der Waals surface area contributed by atoms with Gasteiger partial charge >= 0.3 is 6.03 Å². The lowest BCUT2D eigenvalue weighted by atomic mass is 9.97. The van der Waals surface area contributed by atoms with Gasteiger partial charge in [-0.25, -0.2) is 4.79 Å². The Kier molecular flexibility index (Phi) is 6.80. The zero-order valence-electron chi connectivity index (χ0n) is 14.8. The molecule has 1 aliphatic rings. The number of amides is 4. The van der Waals surface area contributed by atoms with Gasteiger partial charge in [0.25, 0.3) is 5.91 Å². The first kappa shape index (κ1) is 18.8. The molecule has 3 N–H and O–H groups in total. The van der Waals surface area contributed by atoms with Gasteiger partial charge < -0.3 is 20.9 Å². The second-order valence-corrected chi connectivity index (χ2v) is 6.16. The molecule has 0 aliphatic carbocycles. The number of likely N-dealkylation sites (tertiary alicyclic amines) is 1. The summed E-state index contributed by atoms with van der Waals surface area (Å²) in [5.74, 6) is -0.300. The molecule has 1 aromatic rings. The number of piperidine rings is 1. The van der Waals surface area contributed by atoms with Crippen LogP contribution in [-0.2, 0) is 4.79 Å². The Morgan fingerprint density at radius 3 is 2.56 bits per heavy atom. The summed E-state index contributed by atoms with van der Waals surface area (Å²) < 4.78 is 0. The van der Waals surface area contributed by atoms with Crippen molar-refractivity contribution in [3.8, 4) is 0 Å². The predicted molar refractivity (Wildman–Crippen MR) is 96.4 cm³/mol. The minimum Gasteiger partial charge on any atom is -0.356 e. The SMILES string of the molecule is CCCNC(=O)[C@H]1CCCN(C(=O)Nc2ccc(C(=O)NC)cc2)C1. The third kappa shape index (κ3) is 5.20. The third-order valence-corrected chi connectivity index (χ3v) is 4.25. The van der Waals surface area contributed by atoms with Crippen molar-refractivity contribution in [2.45, 2.75) is 26.2 Å². The van der Waals surface area contributed by atoms with Crippen LogP contribution in [0.25, 0.3) is 0 Å². The van der Waals surface area contributed by atoms with E-state index in [0.717, 1.165) is 19.3 Å². The number of carbonyl (C=O) groups excluding carboxylic acids is 3. The smallest absolute Gasteiger partial charge is 0.321 e. The predicted octanol–water partition coefficient (Wildman–Crippen LogP) is 1.82. The van der Waals surface area contributed by atoms with Crippen molar-refractivity contribution in [2.24, 2.45) is 5.92 Å². The Morgan fingerprint density at radius 1 is 1.20 bits per heavy atom. The van der Waals surface area contributed by atoms with Gasteiger partial charge in [0.15, 0.2) is 0 Å². The molecule has 1 heterocycles. The summed E-state index contributed by atoms with van der Waals surface area (Å²) in [6, 6.07) is 6.48. The number of carbonyl (C=O) groups is 3. The van der Waals surface area contributed by atoms with Gasteiger partial charge in [-0.05, 0) is 43.5 Å². The zero-order valence-corrected chi connectivity index (χ0v) is 14.8. The van der Waals surface area contributed by atoms with E-state index in [-0.39, 0.29) is 23.8 Å². The minimum absolute atomic E-state index is 0.0225. The molecule has 2 rings (SSSR count). The van der Waals surface area contributed by atoms with Crippen LogP contribution in [0.1, 0.15) is 36.5 Å². The number of urea groups is 1. The number of anilines is 1. The first-order valence-corrected chi connectivity index (χ1v) is 8.71. The first-order valence-electron chi connectivity index (χ1n) is 8.71.